The second kappa shape index (κ2) is 4.71. The van der Waals surface area contributed by atoms with Crippen LogP contribution in [0.5, 0.6) is 0 Å². The highest BCUT2D eigenvalue weighted by atomic mass is 19.1. The van der Waals surface area contributed by atoms with Gasteiger partial charge in [0, 0.05) is 11.6 Å². The highest BCUT2D eigenvalue weighted by molar-refractivity contribution is 5.22. The van der Waals surface area contributed by atoms with Gasteiger partial charge in [-0.15, -0.1) is 0 Å². The lowest BCUT2D eigenvalue weighted by Gasteiger charge is -2.24. The fraction of sp³-hybridized carbons (Fsp3) is 0.500. The fourth-order valence-corrected chi connectivity index (χ4v) is 1.47. The van der Waals surface area contributed by atoms with E-state index >= 15 is 0 Å². The Balaban J connectivity index is 2.99. The Labute approximate surface area is 89.3 Å². The Bertz CT molecular complexity index is 336. The van der Waals surface area contributed by atoms with Gasteiger partial charge in [0.1, 0.15) is 11.6 Å². The molecule has 1 nitrogen and oxygen atoms in total. The average Bonchev–Trinajstić information content (AvgIpc) is 2.19. The van der Waals surface area contributed by atoms with Crippen LogP contribution >= 0.6 is 0 Å². The third-order valence-corrected chi connectivity index (χ3v) is 2.94. The quantitative estimate of drug-likeness (QED) is 0.819. The molecule has 0 saturated carbocycles. The van der Waals surface area contributed by atoms with Gasteiger partial charge in [0.25, 0.3) is 0 Å². The average molecular weight is 213 g/mol. The highest BCUT2D eigenvalue weighted by Crippen LogP contribution is 2.27. The Morgan fingerprint density at radius 2 is 1.73 bits per heavy atom. The predicted octanol–water partition coefficient (Wildman–Crippen LogP) is 3.26. The normalized spacial score (nSPS) is 15.4. The summed E-state index contributed by atoms with van der Waals surface area (Å²) in [5.41, 5.74) is 6.16. The van der Waals surface area contributed by atoms with Crippen LogP contribution in [0, 0.1) is 23.5 Å². The molecular weight excluding hydrogens is 196 g/mol. The molecular formula is C12H17F2N. The molecule has 0 aromatic heterocycles. The van der Waals surface area contributed by atoms with E-state index in [1.807, 2.05) is 20.8 Å². The summed E-state index contributed by atoms with van der Waals surface area (Å²) in [6.45, 7) is 5.98. The Morgan fingerprint density at radius 1 is 1.13 bits per heavy atom. The molecule has 0 saturated heterocycles. The van der Waals surface area contributed by atoms with Crippen LogP contribution in [0.15, 0.2) is 18.2 Å². The van der Waals surface area contributed by atoms with Gasteiger partial charge in [-0.2, -0.15) is 0 Å². The van der Waals surface area contributed by atoms with Gasteiger partial charge in [0.15, 0.2) is 0 Å². The first kappa shape index (κ1) is 12.1. The van der Waals surface area contributed by atoms with Gasteiger partial charge >= 0.3 is 0 Å². The van der Waals surface area contributed by atoms with E-state index < -0.39 is 17.7 Å². The Kier molecular flexibility index (Phi) is 3.80. The molecule has 0 radical (unpaired) electrons. The lowest BCUT2D eigenvalue weighted by atomic mass is 9.86. The van der Waals surface area contributed by atoms with Gasteiger partial charge in [0.2, 0.25) is 0 Å². The van der Waals surface area contributed by atoms with Crippen LogP contribution in [-0.2, 0) is 0 Å². The Morgan fingerprint density at radius 3 is 2.27 bits per heavy atom. The maximum absolute atomic E-state index is 13.4. The van der Waals surface area contributed by atoms with Gasteiger partial charge < -0.3 is 5.73 Å². The number of rotatable bonds is 3. The van der Waals surface area contributed by atoms with Crippen LogP contribution in [0.1, 0.15) is 32.4 Å². The van der Waals surface area contributed by atoms with Crippen LogP contribution in [0.25, 0.3) is 0 Å². The minimum absolute atomic E-state index is 0.112. The zero-order valence-corrected chi connectivity index (χ0v) is 9.30. The first-order chi connectivity index (χ1) is 6.93. The largest absolute Gasteiger partial charge is 0.324 e. The summed E-state index contributed by atoms with van der Waals surface area (Å²) in [6, 6.07) is 2.95. The first-order valence-corrected chi connectivity index (χ1v) is 5.14. The van der Waals surface area contributed by atoms with E-state index in [0.29, 0.717) is 5.92 Å². The van der Waals surface area contributed by atoms with E-state index in [4.69, 9.17) is 5.73 Å². The van der Waals surface area contributed by atoms with E-state index in [9.17, 15) is 8.78 Å². The zero-order valence-electron chi connectivity index (χ0n) is 9.30. The molecule has 1 rings (SSSR count). The SMILES string of the molecule is CC(C)C(C)C(N)c1cc(F)ccc1F. The van der Waals surface area contributed by atoms with Crippen molar-refractivity contribution in [1.82, 2.24) is 0 Å². The lowest BCUT2D eigenvalue weighted by molar-refractivity contribution is 0.344. The van der Waals surface area contributed by atoms with Crippen LogP contribution in [0.4, 0.5) is 8.78 Å². The molecule has 0 aliphatic carbocycles. The molecule has 84 valence electrons. The topological polar surface area (TPSA) is 26.0 Å². The summed E-state index contributed by atoms with van der Waals surface area (Å²) in [5.74, 6) is -0.432. The molecule has 0 aliphatic rings. The van der Waals surface area contributed by atoms with Gasteiger partial charge in [-0.25, -0.2) is 8.78 Å². The van der Waals surface area contributed by atoms with Gasteiger partial charge in [0.05, 0.1) is 0 Å². The minimum atomic E-state index is -0.458. The number of nitrogens with two attached hydrogens (primary N) is 1. The second-order valence-corrected chi connectivity index (χ2v) is 4.29. The third-order valence-electron chi connectivity index (χ3n) is 2.94. The third kappa shape index (κ3) is 2.75. The van der Waals surface area contributed by atoms with Crippen molar-refractivity contribution in [2.75, 3.05) is 0 Å². The maximum Gasteiger partial charge on any atom is 0.128 e. The van der Waals surface area contributed by atoms with Crippen molar-refractivity contribution in [3.05, 3.63) is 35.4 Å². The molecule has 0 bridgehead atoms. The summed E-state index contributed by atoms with van der Waals surface area (Å²) in [4.78, 5) is 0. The molecule has 2 unspecified atom stereocenters. The lowest BCUT2D eigenvalue weighted by Crippen LogP contribution is -2.24. The van der Waals surface area contributed by atoms with E-state index in [-0.39, 0.29) is 11.5 Å². The molecule has 3 heteroatoms. The van der Waals surface area contributed by atoms with Crippen LogP contribution in [0.2, 0.25) is 0 Å². The predicted molar refractivity (Wildman–Crippen MR) is 57.3 cm³/mol. The minimum Gasteiger partial charge on any atom is -0.324 e. The van der Waals surface area contributed by atoms with Gasteiger partial charge in [-0.3, -0.25) is 0 Å². The van der Waals surface area contributed by atoms with E-state index in [0.717, 1.165) is 12.1 Å². The van der Waals surface area contributed by atoms with Crippen molar-refractivity contribution in [3.8, 4) is 0 Å². The van der Waals surface area contributed by atoms with Crippen molar-refractivity contribution in [2.45, 2.75) is 26.8 Å². The van der Waals surface area contributed by atoms with Crippen LogP contribution in [-0.4, -0.2) is 0 Å². The standard InChI is InChI=1S/C12H17F2N/c1-7(2)8(3)12(15)10-6-9(13)4-5-11(10)14/h4-8,12H,15H2,1-3H3. The summed E-state index contributed by atoms with van der Waals surface area (Å²) >= 11 is 0. The second-order valence-electron chi connectivity index (χ2n) is 4.29. The molecule has 1 aromatic rings. The van der Waals surface area contributed by atoms with Crippen LogP contribution in [0.3, 0.4) is 0 Å². The van der Waals surface area contributed by atoms with E-state index in [1.165, 1.54) is 6.07 Å². The summed E-state index contributed by atoms with van der Waals surface area (Å²) in [5, 5.41) is 0. The molecule has 0 fully saturated rings. The van der Waals surface area contributed by atoms with E-state index in [2.05, 4.69) is 0 Å². The Hall–Kier alpha value is -0.960. The van der Waals surface area contributed by atoms with Crippen LogP contribution < -0.4 is 5.73 Å². The first-order valence-electron chi connectivity index (χ1n) is 5.14. The molecule has 15 heavy (non-hydrogen) atoms. The zero-order chi connectivity index (χ0) is 11.6. The maximum atomic E-state index is 13.4. The van der Waals surface area contributed by atoms with Crippen molar-refractivity contribution in [2.24, 2.45) is 17.6 Å². The monoisotopic (exact) mass is 213 g/mol. The number of halogens is 2. The molecule has 1 aromatic carbocycles. The smallest absolute Gasteiger partial charge is 0.128 e. The summed E-state index contributed by atoms with van der Waals surface area (Å²) in [7, 11) is 0. The molecule has 0 spiro atoms. The van der Waals surface area contributed by atoms with Gasteiger partial charge in [-0.1, -0.05) is 20.8 Å². The number of benzene rings is 1. The molecule has 2 atom stereocenters. The van der Waals surface area contributed by atoms with Gasteiger partial charge in [-0.05, 0) is 30.0 Å². The van der Waals surface area contributed by atoms with E-state index in [1.54, 1.807) is 0 Å². The molecule has 2 N–H and O–H groups in total. The van der Waals surface area contributed by atoms with Crippen molar-refractivity contribution >= 4 is 0 Å². The number of hydrogen-bond acceptors (Lipinski definition) is 1. The summed E-state index contributed by atoms with van der Waals surface area (Å²) < 4.78 is 26.3. The molecule has 0 aliphatic heterocycles. The highest BCUT2D eigenvalue weighted by Gasteiger charge is 2.21. The summed E-state index contributed by atoms with van der Waals surface area (Å²) in [6.07, 6.45) is 0. The fourth-order valence-electron chi connectivity index (χ4n) is 1.47. The van der Waals surface area contributed by atoms with Crippen molar-refractivity contribution < 1.29 is 8.78 Å². The molecule has 0 amide bonds. The number of hydrogen-bond donors (Lipinski definition) is 1. The molecule has 0 heterocycles. The van der Waals surface area contributed by atoms with Crippen molar-refractivity contribution in [1.29, 1.82) is 0 Å². The van der Waals surface area contributed by atoms with Crippen molar-refractivity contribution in [3.63, 3.8) is 0 Å².